The van der Waals surface area contributed by atoms with Crippen LogP contribution in [0.2, 0.25) is 5.15 Å². The summed E-state index contributed by atoms with van der Waals surface area (Å²) < 4.78 is 46.3. The summed E-state index contributed by atoms with van der Waals surface area (Å²) in [5.74, 6) is 0.323. The number of aromatic nitrogens is 6. The van der Waals surface area contributed by atoms with Crippen LogP contribution in [0, 0.1) is 6.92 Å². The minimum absolute atomic E-state index is 0.0677. The van der Waals surface area contributed by atoms with E-state index in [1.54, 1.807) is 33.9 Å². The smallest absolute Gasteiger partial charge is 0.421 e. The van der Waals surface area contributed by atoms with Crippen LogP contribution in [0.1, 0.15) is 38.1 Å². The first-order chi connectivity index (χ1) is 13.5. The molecule has 0 spiro atoms. The van der Waals surface area contributed by atoms with Gasteiger partial charge in [-0.25, -0.2) is 4.98 Å². The molecule has 9 nitrogen and oxygen atoms in total. The van der Waals surface area contributed by atoms with Crippen LogP contribution in [0.3, 0.4) is 0 Å². The molecule has 13 heteroatoms. The summed E-state index contributed by atoms with van der Waals surface area (Å²) in [6.45, 7) is 7.18. The molecule has 0 fully saturated rings. The van der Waals surface area contributed by atoms with E-state index in [2.05, 4.69) is 35.9 Å². The highest BCUT2D eigenvalue weighted by atomic mass is 35.5. The zero-order valence-corrected chi connectivity index (χ0v) is 16.7. The Morgan fingerprint density at radius 3 is 2.55 bits per heavy atom. The number of hydrogen-bond donors (Lipinski definition) is 2. The topological polar surface area (TPSA) is 107 Å². The Hall–Kier alpha value is -2.89. The number of rotatable bonds is 6. The number of nitrogens with one attached hydrogen (secondary N) is 2. The summed E-state index contributed by atoms with van der Waals surface area (Å²) in [4.78, 5) is 7.65. The summed E-state index contributed by atoms with van der Waals surface area (Å²) >= 11 is 6.19. The zero-order valence-electron chi connectivity index (χ0n) is 16.0. The molecule has 0 aliphatic rings. The van der Waals surface area contributed by atoms with E-state index in [1.165, 1.54) is 4.68 Å². The lowest BCUT2D eigenvalue weighted by Crippen LogP contribution is -2.28. The van der Waals surface area contributed by atoms with E-state index in [4.69, 9.17) is 16.0 Å². The standard InChI is InChI=1S/C16H18ClF3N8O/c1-5-21-12-9(16(18,19)20)6-22-14(24-12)23-10-7-28(27-11(10)17)15(3,4)13-26-25-8(2)29-13/h6-7H,5H2,1-4H3,(H2,21,22,23,24). The summed E-state index contributed by atoms with van der Waals surface area (Å²) in [5, 5.41) is 17.5. The first-order valence-electron chi connectivity index (χ1n) is 8.53. The van der Waals surface area contributed by atoms with Gasteiger partial charge in [0.25, 0.3) is 0 Å². The fraction of sp³-hybridized carbons (Fsp3) is 0.438. The highest BCUT2D eigenvalue weighted by Gasteiger charge is 2.35. The van der Waals surface area contributed by atoms with Crippen LogP contribution in [0.25, 0.3) is 0 Å². The Balaban J connectivity index is 1.91. The second-order valence-corrected chi connectivity index (χ2v) is 6.93. The molecule has 3 aromatic heterocycles. The number of alkyl halides is 3. The predicted molar refractivity (Wildman–Crippen MR) is 99.2 cm³/mol. The van der Waals surface area contributed by atoms with E-state index in [1.807, 2.05) is 0 Å². The van der Waals surface area contributed by atoms with Crippen LogP contribution in [0.4, 0.5) is 30.6 Å². The molecule has 0 unspecified atom stereocenters. The van der Waals surface area contributed by atoms with Crippen LogP contribution in [-0.4, -0.2) is 36.5 Å². The van der Waals surface area contributed by atoms with E-state index in [9.17, 15) is 13.2 Å². The number of aryl methyl sites for hydroxylation is 1. The highest BCUT2D eigenvalue weighted by molar-refractivity contribution is 6.32. The van der Waals surface area contributed by atoms with Crippen LogP contribution in [0.15, 0.2) is 16.8 Å². The minimum Gasteiger partial charge on any atom is -0.423 e. The maximum Gasteiger partial charge on any atom is 0.421 e. The van der Waals surface area contributed by atoms with Crippen LogP contribution < -0.4 is 10.6 Å². The van der Waals surface area contributed by atoms with Gasteiger partial charge in [-0.2, -0.15) is 23.3 Å². The van der Waals surface area contributed by atoms with E-state index >= 15 is 0 Å². The average molecular weight is 431 g/mol. The highest BCUT2D eigenvalue weighted by Crippen LogP contribution is 2.35. The molecule has 0 saturated heterocycles. The Bertz CT molecular complexity index is 1010. The number of hydrogen-bond acceptors (Lipinski definition) is 8. The summed E-state index contributed by atoms with van der Waals surface area (Å²) in [6.07, 6.45) is -2.32. The molecular formula is C16H18ClF3N8O. The molecule has 0 aliphatic carbocycles. The van der Waals surface area contributed by atoms with E-state index in [-0.39, 0.29) is 23.5 Å². The maximum atomic E-state index is 13.1. The third-order valence-corrected chi connectivity index (χ3v) is 4.26. The third kappa shape index (κ3) is 4.26. The summed E-state index contributed by atoms with van der Waals surface area (Å²) in [5.41, 5.74) is -1.47. The molecule has 0 radical (unpaired) electrons. The Kier molecular flexibility index (Phi) is 5.39. The molecule has 3 rings (SSSR count). The molecule has 156 valence electrons. The van der Waals surface area contributed by atoms with Crippen molar-refractivity contribution in [1.82, 2.24) is 29.9 Å². The monoisotopic (exact) mass is 430 g/mol. The van der Waals surface area contributed by atoms with Crippen LogP contribution >= 0.6 is 11.6 Å². The van der Waals surface area contributed by atoms with Crippen molar-refractivity contribution in [1.29, 1.82) is 0 Å². The van der Waals surface area contributed by atoms with Gasteiger partial charge in [-0.1, -0.05) is 11.6 Å². The second kappa shape index (κ2) is 7.50. The largest absolute Gasteiger partial charge is 0.423 e. The lowest BCUT2D eigenvalue weighted by Gasteiger charge is -2.20. The minimum atomic E-state index is -4.58. The van der Waals surface area contributed by atoms with Gasteiger partial charge in [0.1, 0.15) is 16.9 Å². The predicted octanol–water partition coefficient (Wildman–Crippen LogP) is 4.00. The normalized spacial score (nSPS) is 12.3. The maximum absolute atomic E-state index is 13.1. The molecule has 0 aromatic carbocycles. The third-order valence-electron chi connectivity index (χ3n) is 3.98. The van der Waals surface area contributed by atoms with Gasteiger partial charge >= 0.3 is 6.18 Å². The lowest BCUT2D eigenvalue weighted by atomic mass is 10.1. The van der Waals surface area contributed by atoms with Crippen LogP contribution in [-0.2, 0) is 11.7 Å². The van der Waals surface area contributed by atoms with Gasteiger partial charge in [-0.15, -0.1) is 10.2 Å². The molecular weight excluding hydrogens is 413 g/mol. The first kappa shape index (κ1) is 20.8. The quantitative estimate of drug-likeness (QED) is 0.604. The molecule has 2 N–H and O–H groups in total. The van der Waals surface area contributed by atoms with E-state index < -0.39 is 17.3 Å². The van der Waals surface area contributed by atoms with Gasteiger partial charge in [0.05, 0.1) is 11.9 Å². The molecule has 0 bridgehead atoms. The number of nitrogens with zero attached hydrogens (tertiary/aromatic N) is 6. The van der Waals surface area contributed by atoms with Crippen molar-refractivity contribution in [3.05, 3.63) is 34.9 Å². The van der Waals surface area contributed by atoms with Crippen molar-refractivity contribution in [2.45, 2.75) is 39.4 Å². The molecule has 0 saturated carbocycles. The van der Waals surface area contributed by atoms with E-state index in [0.29, 0.717) is 23.7 Å². The first-order valence-corrected chi connectivity index (χ1v) is 8.91. The van der Waals surface area contributed by atoms with Crippen molar-refractivity contribution in [2.75, 3.05) is 17.2 Å². The summed E-state index contributed by atoms with van der Waals surface area (Å²) in [7, 11) is 0. The van der Waals surface area contributed by atoms with Crippen molar-refractivity contribution in [3.8, 4) is 0 Å². The Morgan fingerprint density at radius 2 is 1.97 bits per heavy atom. The fourth-order valence-corrected chi connectivity index (χ4v) is 2.61. The lowest BCUT2D eigenvalue weighted by molar-refractivity contribution is -0.137. The average Bonchev–Trinajstić information content (AvgIpc) is 3.21. The van der Waals surface area contributed by atoms with Gasteiger partial charge in [-0.3, -0.25) is 4.68 Å². The van der Waals surface area contributed by atoms with Crippen molar-refractivity contribution in [2.24, 2.45) is 0 Å². The summed E-state index contributed by atoms with van der Waals surface area (Å²) in [6, 6.07) is 0. The van der Waals surface area contributed by atoms with Crippen molar-refractivity contribution in [3.63, 3.8) is 0 Å². The van der Waals surface area contributed by atoms with Gasteiger partial charge in [-0.05, 0) is 20.8 Å². The second-order valence-electron chi connectivity index (χ2n) is 6.57. The number of halogens is 4. The Morgan fingerprint density at radius 1 is 1.24 bits per heavy atom. The Labute approximate surface area is 168 Å². The van der Waals surface area contributed by atoms with Crippen molar-refractivity contribution < 1.29 is 17.6 Å². The van der Waals surface area contributed by atoms with Crippen molar-refractivity contribution >= 4 is 29.1 Å². The molecule has 0 amide bonds. The molecule has 3 aromatic rings. The van der Waals surface area contributed by atoms with Gasteiger partial charge < -0.3 is 15.1 Å². The van der Waals surface area contributed by atoms with Gasteiger partial charge in [0, 0.05) is 19.7 Å². The molecule has 29 heavy (non-hydrogen) atoms. The number of anilines is 3. The fourth-order valence-electron chi connectivity index (χ4n) is 2.44. The van der Waals surface area contributed by atoms with Gasteiger partial charge in [0.15, 0.2) is 5.15 Å². The molecule has 0 aliphatic heterocycles. The van der Waals surface area contributed by atoms with Gasteiger partial charge in [0.2, 0.25) is 17.7 Å². The van der Waals surface area contributed by atoms with Crippen LogP contribution in [0.5, 0.6) is 0 Å². The molecule has 0 atom stereocenters. The van der Waals surface area contributed by atoms with E-state index in [0.717, 1.165) is 0 Å². The zero-order chi connectivity index (χ0) is 21.4. The molecule has 3 heterocycles. The SMILES string of the molecule is CCNc1nc(Nc2cn(C(C)(C)c3nnc(C)o3)nc2Cl)ncc1C(F)(F)F.